The Labute approximate surface area is 220 Å². The van der Waals surface area contributed by atoms with Crippen molar-refractivity contribution < 1.29 is 18.0 Å². The Kier molecular flexibility index (Phi) is 9.85. The van der Waals surface area contributed by atoms with Gasteiger partial charge in [0, 0.05) is 13.1 Å². The van der Waals surface area contributed by atoms with E-state index in [1.165, 1.54) is 17.0 Å². The lowest BCUT2D eigenvalue weighted by Crippen LogP contribution is -2.52. The van der Waals surface area contributed by atoms with Crippen LogP contribution in [0.5, 0.6) is 0 Å². The summed E-state index contributed by atoms with van der Waals surface area (Å²) in [7, 11) is -4.04. The molecule has 0 spiro atoms. The molecule has 0 bridgehead atoms. The quantitative estimate of drug-likeness (QED) is 0.380. The molecule has 196 valence electrons. The summed E-state index contributed by atoms with van der Waals surface area (Å²) in [6, 6.07) is 23.6. The molecule has 0 unspecified atom stereocenters. The van der Waals surface area contributed by atoms with Crippen LogP contribution in [-0.4, -0.2) is 44.3 Å². The smallest absolute Gasteiger partial charge is 0.264 e. The van der Waals surface area contributed by atoms with E-state index in [1.807, 2.05) is 45.0 Å². The number of para-hydroxylation sites is 1. The van der Waals surface area contributed by atoms with Gasteiger partial charge in [0.1, 0.15) is 12.6 Å². The van der Waals surface area contributed by atoms with Gasteiger partial charge in [-0.2, -0.15) is 0 Å². The minimum absolute atomic E-state index is 0.0875. The second kappa shape index (κ2) is 13.1. The molecule has 3 aromatic rings. The van der Waals surface area contributed by atoms with E-state index in [2.05, 4.69) is 5.32 Å². The van der Waals surface area contributed by atoms with Crippen molar-refractivity contribution in [3.8, 4) is 0 Å². The molecule has 8 heteroatoms. The molecule has 7 nitrogen and oxygen atoms in total. The first-order valence-corrected chi connectivity index (χ1v) is 14.0. The summed E-state index contributed by atoms with van der Waals surface area (Å²) in [5.41, 5.74) is 2.31. The third kappa shape index (κ3) is 7.20. The maximum absolute atomic E-state index is 13.9. The number of amides is 2. The molecule has 0 fully saturated rings. The molecule has 0 saturated heterocycles. The first kappa shape index (κ1) is 27.9. The van der Waals surface area contributed by atoms with E-state index < -0.39 is 28.5 Å². The van der Waals surface area contributed by atoms with Crippen LogP contribution in [0.25, 0.3) is 0 Å². The average Bonchev–Trinajstić information content (AvgIpc) is 2.92. The van der Waals surface area contributed by atoms with E-state index in [1.54, 1.807) is 48.5 Å². The number of carbonyl (C=O) groups excluding carboxylic acids is 2. The average molecular weight is 522 g/mol. The van der Waals surface area contributed by atoms with Crippen LogP contribution >= 0.6 is 0 Å². The zero-order valence-corrected chi connectivity index (χ0v) is 22.4. The number of carbonyl (C=O) groups is 2. The van der Waals surface area contributed by atoms with Gasteiger partial charge in [-0.3, -0.25) is 13.9 Å². The van der Waals surface area contributed by atoms with Gasteiger partial charge in [-0.1, -0.05) is 80.1 Å². The van der Waals surface area contributed by atoms with E-state index >= 15 is 0 Å². The Balaban J connectivity index is 2.00. The first-order chi connectivity index (χ1) is 17.8. The Morgan fingerprint density at radius 2 is 1.46 bits per heavy atom. The number of benzene rings is 3. The maximum Gasteiger partial charge on any atom is 0.264 e. The predicted octanol–water partition coefficient (Wildman–Crippen LogP) is 4.52. The van der Waals surface area contributed by atoms with E-state index in [-0.39, 0.29) is 17.3 Å². The van der Waals surface area contributed by atoms with E-state index in [4.69, 9.17) is 0 Å². The van der Waals surface area contributed by atoms with Crippen molar-refractivity contribution in [2.75, 3.05) is 17.4 Å². The van der Waals surface area contributed by atoms with Crippen molar-refractivity contribution in [3.63, 3.8) is 0 Å². The van der Waals surface area contributed by atoms with Gasteiger partial charge >= 0.3 is 0 Å². The number of nitrogens with zero attached hydrogens (tertiary/aromatic N) is 2. The standard InChI is InChI=1S/C29H35N3O4S/c1-4-20-30-29(34)27(5-2)31(21-24-18-16-23(3)17-19-24)28(33)22-32(25-12-8-6-9-13-25)37(35,36)26-14-10-7-11-15-26/h6-19,27H,4-5,20-22H2,1-3H3,(H,30,34)/t27-/m1/s1. The monoisotopic (exact) mass is 521 g/mol. The van der Waals surface area contributed by atoms with Gasteiger partial charge < -0.3 is 10.2 Å². The fourth-order valence-electron chi connectivity index (χ4n) is 4.02. The van der Waals surface area contributed by atoms with Crippen LogP contribution in [0.2, 0.25) is 0 Å². The maximum atomic E-state index is 13.9. The number of rotatable bonds is 12. The summed E-state index contributed by atoms with van der Waals surface area (Å²) < 4.78 is 28.5. The number of aryl methyl sites for hydroxylation is 1. The van der Waals surface area contributed by atoms with Crippen molar-refractivity contribution >= 4 is 27.5 Å². The van der Waals surface area contributed by atoms with Crippen molar-refractivity contribution in [2.24, 2.45) is 0 Å². The second-order valence-corrected chi connectivity index (χ2v) is 10.7. The molecule has 0 aliphatic carbocycles. The normalized spacial score (nSPS) is 12.0. The Hall–Kier alpha value is -3.65. The van der Waals surface area contributed by atoms with Gasteiger partial charge in [0.2, 0.25) is 11.8 Å². The lowest BCUT2D eigenvalue weighted by molar-refractivity contribution is -0.140. The van der Waals surface area contributed by atoms with Gasteiger partial charge in [0.05, 0.1) is 10.6 Å². The van der Waals surface area contributed by atoms with E-state index in [0.29, 0.717) is 18.7 Å². The number of hydrogen-bond acceptors (Lipinski definition) is 4. The highest BCUT2D eigenvalue weighted by atomic mass is 32.2. The van der Waals surface area contributed by atoms with Crippen LogP contribution in [-0.2, 0) is 26.2 Å². The lowest BCUT2D eigenvalue weighted by atomic mass is 10.1. The summed E-state index contributed by atoms with van der Waals surface area (Å²) in [4.78, 5) is 28.5. The fraction of sp³-hybridized carbons (Fsp3) is 0.310. The van der Waals surface area contributed by atoms with Crippen LogP contribution in [0.1, 0.15) is 37.8 Å². The third-order valence-electron chi connectivity index (χ3n) is 6.06. The summed E-state index contributed by atoms with van der Waals surface area (Å²) >= 11 is 0. The number of hydrogen-bond donors (Lipinski definition) is 1. The molecule has 37 heavy (non-hydrogen) atoms. The van der Waals surface area contributed by atoms with Crippen LogP contribution in [0, 0.1) is 6.92 Å². The molecule has 0 aromatic heterocycles. The van der Waals surface area contributed by atoms with Crippen LogP contribution in [0.3, 0.4) is 0 Å². The van der Waals surface area contributed by atoms with Crippen molar-refractivity contribution in [3.05, 3.63) is 96.1 Å². The molecule has 3 aromatic carbocycles. The van der Waals surface area contributed by atoms with Crippen LogP contribution in [0.15, 0.2) is 89.8 Å². The van der Waals surface area contributed by atoms with Crippen molar-refractivity contribution in [2.45, 2.75) is 51.1 Å². The van der Waals surface area contributed by atoms with Gasteiger partial charge in [-0.15, -0.1) is 0 Å². The first-order valence-electron chi connectivity index (χ1n) is 12.5. The number of nitrogens with one attached hydrogen (secondary N) is 1. The summed E-state index contributed by atoms with van der Waals surface area (Å²) in [6.07, 6.45) is 1.16. The lowest BCUT2D eigenvalue weighted by Gasteiger charge is -2.33. The van der Waals surface area contributed by atoms with Gasteiger partial charge in [0.25, 0.3) is 10.0 Å². The molecule has 0 aliphatic heterocycles. The zero-order valence-electron chi connectivity index (χ0n) is 21.6. The van der Waals surface area contributed by atoms with Crippen LogP contribution < -0.4 is 9.62 Å². The highest BCUT2D eigenvalue weighted by Gasteiger charge is 2.33. The topological polar surface area (TPSA) is 86.8 Å². The van der Waals surface area contributed by atoms with Crippen LogP contribution in [0.4, 0.5) is 5.69 Å². The van der Waals surface area contributed by atoms with Gasteiger partial charge in [-0.05, 0) is 49.6 Å². The molecule has 1 N–H and O–H groups in total. The molecule has 0 aliphatic rings. The number of sulfonamides is 1. The Bertz CT molecular complexity index is 1260. The second-order valence-electron chi connectivity index (χ2n) is 8.88. The summed E-state index contributed by atoms with van der Waals surface area (Å²) in [5.74, 6) is -0.704. The molecule has 0 heterocycles. The third-order valence-corrected chi connectivity index (χ3v) is 7.85. The predicted molar refractivity (Wildman–Crippen MR) is 147 cm³/mol. The minimum Gasteiger partial charge on any atom is -0.354 e. The molecule has 0 radical (unpaired) electrons. The van der Waals surface area contributed by atoms with E-state index in [9.17, 15) is 18.0 Å². The molecule has 1 atom stereocenters. The van der Waals surface area contributed by atoms with Crippen molar-refractivity contribution in [1.29, 1.82) is 0 Å². The van der Waals surface area contributed by atoms with E-state index in [0.717, 1.165) is 21.9 Å². The van der Waals surface area contributed by atoms with Crippen molar-refractivity contribution in [1.82, 2.24) is 10.2 Å². The molecule has 0 saturated carbocycles. The molecular formula is C29H35N3O4S. The van der Waals surface area contributed by atoms with Gasteiger partial charge in [-0.25, -0.2) is 8.42 Å². The zero-order chi connectivity index (χ0) is 26.8. The summed E-state index contributed by atoms with van der Waals surface area (Å²) in [6.45, 7) is 6.03. The number of anilines is 1. The SMILES string of the molecule is CCCNC(=O)[C@@H](CC)N(Cc1ccc(C)cc1)C(=O)CN(c1ccccc1)S(=O)(=O)c1ccccc1. The minimum atomic E-state index is -4.04. The molecule has 2 amide bonds. The Morgan fingerprint density at radius 1 is 0.865 bits per heavy atom. The summed E-state index contributed by atoms with van der Waals surface area (Å²) in [5, 5.41) is 2.89. The molecule has 3 rings (SSSR count). The molecular weight excluding hydrogens is 486 g/mol. The largest absolute Gasteiger partial charge is 0.354 e. The highest BCUT2D eigenvalue weighted by Crippen LogP contribution is 2.24. The fourth-order valence-corrected chi connectivity index (χ4v) is 5.45. The highest BCUT2D eigenvalue weighted by molar-refractivity contribution is 7.92. The Morgan fingerprint density at radius 3 is 2.03 bits per heavy atom. The van der Waals surface area contributed by atoms with Gasteiger partial charge in [0.15, 0.2) is 0 Å².